The molecule has 62 valence electrons. The second kappa shape index (κ2) is 2.95. The van der Waals surface area contributed by atoms with Crippen molar-refractivity contribution in [2.24, 2.45) is 10.7 Å². The van der Waals surface area contributed by atoms with E-state index in [0.29, 0.717) is 13.1 Å². The molecule has 1 aromatic rings. The Balaban J connectivity index is 2.50. The molecule has 0 aromatic carbocycles. The predicted octanol–water partition coefficient (Wildman–Crippen LogP) is 1.11. The molecule has 1 aliphatic rings. The van der Waals surface area contributed by atoms with E-state index in [1.54, 1.807) is 6.20 Å². The van der Waals surface area contributed by atoms with E-state index in [0.717, 1.165) is 21.4 Å². The third-order valence-corrected chi connectivity index (χ3v) is 2.29. The number of hydrogen-bond donors (Lipinski definition) is 1. The quantitative estimate of drug-likeness (QED) is 0.779. The van der Waals surface area contributed by atoms with Crippen LogP contribution >= 0.6 is 15.9 Å². The standard InChI is InChI=1S/C8H8BrN3/c9-5-1-6-7(2-10)12-4-8(6)11-3-5/h1,3H,2,4,10H2. The molecule has 2 N–H and O–H groups in total. The van der Waals surface area contributed by atoms with Crippen molar-refractivity contribution in [3.8, 4) is 0 Å². The van der Waals surface area contributed by atoms with Crippen molar-refractivity contribution in [3.63, 3.8) is 0 Å². The molecule has 0 spiro atoms. The van der Waals surface area contributed by atoms with Crippen LogP contribution in [0.5, 0.6) is 0 Å². The van der Waals surface area contributed by atoms with Crippen molar-refractivity contribution in [1.29, 1.82) is 0 Å². The summed E-state index contributed by atoms with van der Waals surface area (Å²) in [6.07, 6.45) is 1.79. The average Bonchev–Trinajstić information content (AvgIpc) is 2.46. The highest BCUT2D eigenvalue weighted by molar-refractivity contribution is 9.10. The van der Waals surface area contributed by atoms with E-state index in [2.05, 4.69) is 25.9 Å². The van der Waals surface area contributed by atoms with Gasteiger partial charge in [0.2, 0.25) is 0 Å². The summed E-state index contributed by atoms with van der Waals surface area (Å²) in [6, 6.07) is 2.01. The van der Waals surface area contributed by atoms with Gasteiger partial charge in [-0.2, -0.15) is 0 Å². The number of pyridine rings is 1. The molecule has 1 aliphatic heterocycles. The molecule has 12 heavy (non-hydrogen) atoms. The van der Waals surface area contributed by atoms with Gasteiger partial charge in [-0.25, -0.2) is 0 Å². The van der Waals surface area contributed by atoms with Crippen LogP contribution in [0.3, 0.4) is 0 Å². The van der Waals surface area contributed by atoms with Crippen LogP contribution in [0.1, 0.15) is 11.3 Å². The molecule has 0 saturated heterocycles. The summed E-state index contributed by atoms with van der Waals surface area (Å²) in [5, 5.41) is 0. The summed E-state index contributed by atoms with van der Waals surface area (Å²) < 4.78 is 0.976. The number of fused-ring (bicyclic) bond motifs is 1. The fourth-order valence-electron chi connectivity index (χ4n) is 1.27. The van der Waals surface area contributed by atoms with Crippen LogP contribution < -0.4 is 5.73 Å². The lowest BCUT2D eigenvalue weighted by molar-refractivity contribution is 1.02. The van der Waals surface area contributed by atoms with E-state index in [4.69, 9.17) is 5.73 Å². The minimum absolute atomic E-state index is 0.491. The molecular weight excluding hydrogens is 218 g/mol. The van der Waals surface area contributed by atoms with Crippen LogP contribution in [0.25, 0.3) is 0 Å². The Kier molecular flexibility index (Phi) is 1.94. The summed E-state index contributed by atoms with van der Waals surface area (Å²) in [4.78, 5) is 8.51. The number of aliphatic imine (C=N–C) groups is 1. The van der Waals surface area contributed by atoms with Gasteiger partial charge in [0.25, 0.3) is 0 Å². The minimum Gasteiger partial charge on any atom is -0.325 e. The van der Waals surface area contributed by atoms with Gasteiger partial charge >= 0.3 is 0 Å². The summed E-state index contributed by atoms with van der Waals surface area (Å²) in [6.45, 7) is 1.17. The summed E-state index contributed by atoms with van der Waals surface area (Å²) in [5.41, 5.74) is 8.60. The first-order valence-corrected chi connectivity index (χ1v) is 4.49. The molecule has 0 unspecified atom stereocenters. The van der Waals surface area contributed by atoms with Crippen molar-refractivity contribution in [2.75, 3.05) is 6.54 Å². The molecule has 0 fully saturated rings. The van der Waals surface area contributed by atoms with E-state index >= 15 is 0 Å². The number of rotatable bonds is 1. The molecule has 4 heteroatoms. The minimum atomic E-state index is 0.491. The van der Waals surface area contributed by atoms with Gasteiger partial charge in [-0.15, -0.1) is 0 Å². The second-order valence-corrected chi connectivity index (χ2v) is 3.53. The van der Waals surface area contributed by atoms with Gasteiger partial charge in [-0.3, -0.25) is 9.98 Å². The van der Waals surface area contributed by atoms with Gasteiger partial charge in [-0.05, 0) is 22.0 Å². The highest BCUT2D eigenvalue weighted by atomic mass is 79.9. The maximum Gasteiger partial charge on any atom is 0.0822 e. The molecular formula is C8H8BrN3. The Morgan fingerprint density at radius 1 is 1.58 bits per heavy atom. The number of hydrogen-bond acceptors (Lipinski definition) is 3. The Morgan fingerprint density at radius 3 is 3.17 bits per heavy atom. The topological polar surface area (TPSA) is 51.3 Å². The van der Waals surface area contributed by atoms with Crippen LogP contribution in [0.4, 0.5) is 0 Å². The smallest absolute Gasteiger partial charge is 0.0822 e. The van der Waals surface area contributed by atoms with Crippen molar-refractivity contribution >= 4 is 21.6 Å². The Labute approximate surface area is 78.8 Å². The molecule has 0 radical (unpaired) electrons. The van der Waals surface area contributed by atoms with E-state index < -0.39 is 0 Å². The lowest BCUT2D eigenvalue weighted by atomic mass is 10.1. The zero-order chi connectivity index (χ0) is 8.55. The van der Waals surface area contributed by atoms with Gasteiger partial charge in [0.15, 0.2) is 0 Å². The molecule has 0 saturated carbocycles. The first-order valence-electron chi connectivity index (χ1n) is 3.69. The van der Waals surface area contributed by atoms with Gasteiger partial charge < -0.3 is 5.73 Å². The van der Waals surface area contributed by atoms with Crippen LogP contribution in [-0.4, -0.2) is 17.2 Å². The van der Waals surface area contributed by atoms with E-state index in [-0.39, 0.29) is 0 Å². The molecule has 0 bridgehead atoms. The summed E-state index contributed by atoms with van der Waals surface area (Å²) in [7, 11) is 0. The number of nitrogens with two attached hydrogens (primary N) is 1. The maximum absolute atomic E-state index is 5.52. The summed E-state index contributed by atoms with van der Waals surface area (Å²) >= 11 is 3.36. The Bertz CT molecular complexity index is 346. The van der Waals surface area contributed by atoms with Crippen molar-refractivity contribution in [2.45, 2.75) is 6.54 Å². The molecule has 3 nitrogen and oxygen atoms in total. The Hall–Kier alpha value is -0.740. The van der Waals surface area contributed by atoms with Crippen molar-refractivity contribution in [1.82, 2.24) is 4.98 Å². The third-order valence-electron chi connectivity index (χ3n) is 1.86. The molecule has 2 heterocycles. The fourth-order valence-corrected chi connectivity index (χ4v) is 1.60. The molecule has 0 atom stereocenters. The van der Waals surface area contributed by atoms with Gasteiger partial charge in [0.1, 0.15) is 0 Å². The number of aromatic nitrogens is 1. The normalized spacial score (nSPS) is 14.3. The van der Waals surface area contributed by atoms with E-state index in [1.165, 1.54) is 0 Å². The van der Waals surface area contributed by atoms with Gasteiger partial charge in [0.05, 0.1) is 18.0 Å². The van der Waals surface area contributed by atoms with E-state index in [1.807, 2.05) is 6.07 Å². The van der Waals surface area contributed by atoms with Crippen LogP contribution in [0.15, 0.2) is 21.7 Å². The zero-order valence-corrected chi connectivity index (χ0v) is 8.00. The van der Waals surface area contributed by atoms with Crippen LogP contribution in [0, 0.1) is 0 Å². The van der Waals surface area contributed by atoms with Crippen molar-refractivity contribution < 1.29 is 0 Å². The van der Waals surface area contributed by atoms with Crippen LogP contribution in [0.2, 0.25) is 0 Å². The number of nitrogens with zero attached hydrogens (tertiary/aromatic N) is 2. The third kappa shape index (κ3) is 1.17. The lowest BCUT2D eigenvalue weighted by Gasteiger charge is -1.99. The van der Waals surface area contributed by atoms with E-state index in [9.17, 15) is 0 Å². The van der Waals surface area contributed by atoms with Crippen molar-refractivity contribution in [3.05, 3.63) is 28.0 Å². The van der Waals surface area contributed by atoms with Gasteiger partial charge in [-0.1, -0.05) is 0 Å². The number of halogens is 1. The highest BCUT2D eigenvalue weighted by Crippen LogP contribution is 2.19. The molecule has 0 amide bonds. The largest absolute Gasteiger partial charge is 0.325 e. The predicted molar refractivity (Wildman–Crippen MR) is 51.2 cm³/mol. The Morgan fingerprint density at radius 2 is 2.42 bits per heavy atom. The maximum atomic E-state index is 5.52. The molecule has 1 aromatic heterocycles. The highest BCUT2D eigenvalue weighted by Gasteiger charge is 2.15. The monoisotopic (exact) mass is 225 g/mol. The lowest BCUT2D eigenvalue weighted by Crippen LogP contribution is -2.13. The SMILES string of the molecule is NCC1=NCc2ncc(Br)cc21. The van der Waals surface area contributed by atoms with Gasteiger partial charge in [0, 0.05) is 22.8 Å². The average molecular weight is 226 g/mol. The zero-order valence-electron chi connectivity index (χ0n) is 6.42. The second-order valence-electron chi connectivity index (χ2n) is 2.61. The molecule has 0 aliphatic carbocycles. The first kappa shape index (κ1) is 7.89. The fraction of sp³-hybridized carbons (Fsp3) is 0.250. The summed E-state index contributed by atoms with van der Waals surface area (Å²) in [5.74, 6) is 0. The van der Waals surface area contributed by atoms with Crippen LogP contribution in [-0.2, 0) is 6.54 Å². The first-order chi connectivity index (χ1) is 5.81. The molecule has 2 rings (SSSR count).